The smallest absolute Gasteiger partial charge is 0.0953 e. The third-order valence-corrected chi connectivity index (χ3v) is 5.61. The molecule has 78 valence electrons. The van der Waals surface area contributed by atoms with E-state index < -0.39 is 0 Å². The van der Waals surface area contributed by atoms with Crippen LogP contribution in [-0.4, -0.2) is 0 Å². The molecule has 0 amide bonds. The Balaban J connectivity index is 2.00. The van der Waals surface area contributed by atoms with Gasteiger partial charge in [0.2, 0.25) is 0 Å². The molecule has 4 unspecified atom stereocenters. The molecule has 4 rings (SSSR count). The van der Waals surface area contributed by atoms with Gasteiger partial charge in [-0.2, -0.15) is 10.5 Å². The van der Waals surface area contributed by atoms with Crippen LogP contribution in [0.15, 0.2) is 23.8 Å². The highest BCUT2D eigenvalue weighted by Gasteiger charge is 2.87. The van der Waals surface area contributed by atoms with E-state index in [1.165, 1.54) is 12.8 Å². The van der Waals surface area contributed by atoms with Crippen LogP contribution < -0.4 is 0 Å². The van der Waals surface area contributed by atoms with Gasteiger partial charge in [-0.25, -0.2) is 0 Å². The van der Waals surface area contributed by atoms with Gasteiger partial charge < -0.3 is 0 Å². The molecule has 0 bridgehead atoms. The molecule has 2 fully saturated rings. The predicted molar refractivity (Wildman–Crippen MR) is 57.7 cm³/mol. The van der Waals surface area contributed by atoms with Crippen LogP contribution in [0.25, 0.3) is 0 Å². The first-order valence-corrected chi connectivity index (χ1v) is 6.01. The van der Waals surface area contributed by atoms with E-state index in [9.17, 15) is 10.5 Å². The first-order valence-electron chi connectivity index (χ1n) is 6.01. The van der Waals surface area contributed by atoms with Gasteiger partial charge in [0.15, 0.2) is 0 Å². The molecular weight excluding hydrogens is 196 g/mol. The second-order valence-corrected chi connectivity index (χ2v) is 5.63. The molecule has 16 heavy (non-hydrogen) atoms. The zero-order valence-corrected chi connectivity index (χ0v) is 9.03. The van der Waals surface area contributed by atoms with E-state index in [0.29, 0.717) is 5.92 Å². The lowest BCUT2D eigenvalue weighted by atomic mass is 9.62. The normalized spacial score (nSPS) is 54.6. The summed E-state index contributed by atoms with van der Waals surface area (Å²) in [6.45, 7) is 0. The predicted octanol–water partition coefficient (Wildman–Crippen LogP) is 2.71. The summed E-state index contributed by atoms with van der Waals surface area (Å²) in [6.07, 6.45) is 11.0. The number of hydrogen-bond donors (Lipinski definition) is 0. The van der Waals surface area contributed by atoms with Crippen LogP contribution in [0, 0.1) is 44.8 Å². The quantitative estimate of drug-likeness (QED) is 0.574. The standard InChI is InChI=1S/C14H12N2/c15-8-10-7-11-13(9-16)6-5-12(10)3-1-2-4-14(11,12)13/h5-7,11H,1-4H2. The molecular formula is C14H12N2. The molecule has 4 aliphatic carbocycles. The lowest BCUT2D eigenvalue weighted by Gasteiger charge is -2.39. The van der Waals surface area contributed by atoms with E-state index >= 15 is 0 Å². The molecule has 0 radical (unpaired) electrons. The maximum atomic E-state index is 9.46. The third-order valence-electron chi connectivity index (χ3n) is 5.61. The molecule has 0 heterocycles. The summed E-state index contributed by atoms with van der Waals surface area (Å²) in [5.74, 6) is 0.338. The number of nitrogens with zero attached hydrogens (tertiary/aromatic N) is 2. The van der Waals surface area contributed by atoms with Gasteiger partial charge in [-0.1, -0.05) is 31.1 Å². The number of nitriles is 2. The summed E-state index contributed by atoms with van der Waals surface area (Å²) < 4.78 is 0. The molecule has 2 heteroatoms. The Morgan fingerprint density at radius 1 is 1.19 bits per heavy atom. The zero-order chi connectivity index (χ0) is 11.0. The minimum Gasteiger partial charge on any atom is -0.197 e. The second kappa shape index (κ2) is 2.11. The average molecular weight is 208 g/mol. The third kappa shape index (κ3) is 0.496. The van der Waals surface area contributed by atoms with Crippen molar-refractivity contribution in [2.75, 3.05) is 0 Å². The number of rotatable bonds is 0. The zero-order valence-electron chi connectivity index (χ0n) is 9.03. The summed E-state index contributed by atoms with van der Waals surface area (Å²) >= 11 is 0. The summed E-state index contributed by atoms with van der Waals surface area (Å²) in [5, 5.41) is 18.7. The van der Waals surface area contributed by atoms with E-state index in [-0.39, 0.29) is 16.2 Å². The van der Waals surface area contributed by atoms with Crippen LogP contribution in [0.2, 0.25) is 0 Å². The van der Waals surface area contributed by atoms with Gasteiger partial charge in [-0.15, -0.1) is 0 Å². The fraction of sp³-hybridized carbons (Fsp3) is 0.571. The minimum atomic E-state index is -0.242. The molecule has 0 saturated heterocycles. The van der Waals surface area contributed by atoms with Crippen molar-refractivity contribution in [3.8, 4) is 12.1 Å². The maximum Gasteiger partial charge on any atom is 0.0953 e. The van der Waals surface area contributed by atoms with E-state index in [4.69, 9.17) is 0 Å². The monoisotopic (exact) mass is 208 g/mol. The van der Waals surface area contributed by atoms with Gasteiger partial charge in [-0.05, 0) is 12.8 Å². The van der Waals surface area contributed by atoms with Crippen molar-refractivity contribution in [2.24, 2.45) is 22.2 Å². The van der Waals surface area contributed by atoms with Crippen LogP contribution in [0.4, 0.5) is 0 Å². The van der Waals surface area contributed by atoms with Crippen molar-refractivity contribution < 1.29 is 0 Å². The van der Waals surface area contributed by atoms with E-state index in [1.807, 2.05) is 0 Å². The highest BCUT2D eigenvalue weighted by atomic mass is 14.9. The fourth-order valence-corrected chi connectivity index (χ4v) is 5.01. The second-order valence-electron chi connectivity index (χ2n) is 5.63. The number of hydrogen-bond acceptors (Lipinski definition) is 2. The molecule has 4 atom stereocenters. The highest BCUT2D eigenvalue weighted by Crippen LogP contribution is 2.89. The summed E-state index contributed by atoms with van der Waals surface area (Å²) in [6, 6.07) is 4.91. The van der Waals surface area contributed by atoms with Gasteiger partial charge >= 0.3 is 0 Å². The Bertz CT molecular complexity index is 544. The van der Waals surface area contributed by atoms with E-state index in [1.54, 1.807) is 0 Å². The maximum absolute atomic E-state index is 9.46. The molecule has 0 aromatic heterocycles. The van der Waals surface area contributed by atoms with Crippen LogP contribution in [0.5, 0.6) is 0 Å². The van der Waals surface area contributed by atoms with Crippen molar-refractivity contribution in [1.82, 2.24) is 0 Å². The highest BCUT2D eigenvalue weighted by molar-refractivity contribution is 5.63. The van der Waals surface area contributed by atoms with Crippen molar-refractivity contribution in [3.05, 3.63) is 23.8 Å². The largest absolute Gasteiger partial charge is 0.197 e. The van der Waals surface area contributed by atoms with Gasteiger partial charge in [0.05, 0.1) is 17.6 Å². The Morgan fingerprint density at radius 2 is 2.00 bits per heavy atom. The SMILES string of the molecule is N#CC1=CC2C3(C#N)C=CC14CCCCC243. The van der Waals surface area contributed by atoms with Crippen LogP contribution >= 0.6 is 0 Å². The summed E-state index contributed by atoms with van der Waals surface area (Å²) in [5.41, 5.74) is 0.739. The van der Waals surface area contributed by atoms with Gasteiger partial charge in [-0.3, -0.25) is 0 Å². The summed E-state index contributed by atoms with van der Waals surface area (Å²) in [7, 11) is 0. The molecule has 2 saturated carbocycles. The minimum absolute atomic E-state index is 0.0552. The Hall–Kier alpha value is -1.54. The van der Waals surface area contributed by atoms with Crippen LogP contribution in [0.3, 0.4) is 0 Å². The van der Waals surface area contributed by atoms with Crippen molar-refractivity contribution in [2.45, 2.75) is 25.7 Å². The average Bonchev–Trinajstić information content (AvgIpc) is 2.64. The Kier molecular flexibility index (Phi) is 1.13. The van der Waals surface area contributed by atoms with Crippen molar-refractivity contribution in [3.63, 3.8) is 0 Å². The van der Waals surface area contributed by atoms with Gasteiger partial charge in [0.1, 0.15) is 0 Å². The molecule has 0 aromatic carbocycles. The fourth-order valence-electron chi connectivity index (χ4n) is 5.01. The Labute approximate surface area is 94.9 Å². The van der Waals surface area contributed by atoms with E-state index in [0.717, 1.165) is 18.4 Å². The molecule has 0 aliphatic heterocycles. The molecule has 0 aromatic rings. The summed E-state index contributed by atoms with van der Waals surface area (Å²) in [4.78, 5) is 0. The topological polar surface area (TPSA) is 47.6 Å². The number of fused-ring (bicyclic) bond motifs is 1. The molecule has 0 N–H and O–H groups in total. The number of allylic oxidation sites excluding steroid dienone is 4. The lowest BCUT2D eigenvalue weighted by Crippen LogP contribution is -2.34. The Morgan fingerprint density at radius 3 is 2.75 bits per heavy atom. The first-order chi connectivity index (χ1) is 7.77. The molecule has 1 spiro atoms. The van der Waals surface area contributed by atoms with Crippen molar-refractivity contribution >= 4 is 0 Å². The van der Waals surface area contributed by atoms with Gasteiger partial charge in [0, 0.05) is 22.3 Å². The first kappa shape index (κ1) is 8.59. The molecule has 4 aliphatic rings. The van der Waals surface area contributed by atoms with E-state index in [2.05, 4.69) is 30.4 Å². The van der Waals surface area contributed by atoms with Gasteiger partial charge in [0.25, 0.3) is 0 Å². The van der Waals surface area contributed by atoms with Crippen molar-refractivity contribution in [1.29, 1.82) is 10.5 Å². The van der Waals surface area contributed by atoms with Crippen LogP contribution in [-0.2, 0) is 0 Å². The lowest BCUT2D eigenvalue weighted by molar-refractivity contribution is 0.166. The van der Waals surface area contributed by atoms with Crippen LogP contribution in [0.1, 0.15) is 25.7 Å². The molecule has 2 nitrogen and oxygen atoms in total.